The molecule has 2 aromatic rings. The molecule has 1 unspecified atom stereocenters. The van der Waals surface area contributed by atoms with E-state index in [9.17, 15) is 0 Å². The summed E-state index contributed by atoms with van der Waals surface area (Å²) in [6.45, 7) is 2.48. The SMILES string of the molecule is COc1cccc(C2OCCCO2)c1/C=C/C1(OC)c2c(OC)cccc2C12OCCCO2. The molecular formula is C26H30O7. The third-order valence-corrected chi connectivity index (χ3v) is 6.57. The first kappa shape index (κ1) is 22.4. The fourth-order valence-corrected chi connectivity index (χ4v) is 5.05. The predicted molar refractivity (Wildman–Crippen MR) is 121 cm³/mol. The molecule has 1 atom stereocenters. The summed E-state index contributed by atoms with van der Waals surface area (Å²) in [5.74, 6) is 0.397. The zero-order valence-corrected chi connectivity index (χ0v) is 19.3. The lowest BCUT2D eigenvalue weighted by Crippen LogP contribution is -2.63. The van der Waals surface area contributed by atoms with Gasteiger partial charge in [-0.2, -0.15) is 0 Å². The van der Waals surface area contributed by atoms with E-state index in [2.05, 4.69) is 0 Å². The molecule has 3 aliphatic rings. The van der Waals surface area contributed by atoms with Gasteiger partial charge in [0, 0.05) is 29.4 Å². The van der Waals surface area contributed by atoms with Crippen LogP contribution in [-0.2, 0) is 35.1 Å². The van der Waals surface area contributed by atoms with Crippen LogP contribution in [-0.4, -0.2) is 47.8 Å². The minimum absolute atomic E-state index is 0.452. The third-order valence-electron chi connectivity index (χ3n) is 6.57. The van der Waals surface area contributed by atoms with Gasteiger partial charge >= 0.3 is 0 Å². The normalized spacial score (nSPS) is 24.5. The molecule has 1 aliphatic carbocycles. The molecule has 33 heavy (non-hydrogen) atoms. The number of methoxy groups -OCH3 is 3. The smallest absolute Gasteiger partial charge is 0.233 e. The zero-order valence-electron chi connectivity index (χ0n) is 19.3. The molecule has 7 heteroatoms. The fraction of sp³-hybridized carbons (Fsp3) is 0.462. The molecule has 1 spiro atoms. The standard InChI is InChI=1S/C26H30O7/c1-27-21-10-4-8-19(24-30-14-6-15-31-24)18(21)12-13-25(29-3)23-20(9-5-11-22(23)28-2)26(25)32-16-7-17-33-26/h4-5,8-13,24H,6-7,14-17H2,1-3H3/b13-12+. The van der Waals surface area contributed by atoms with Crippen LogP contribution in [0.2, 0.25) is 0 Å². The molecule has 0 saturated carbocycles. The average Bonchev–Trinajstić information content (AvgIpc) is 2.89. The summed E-state index contributed by atoms with van der Waals surface area (Å²) in [5.41, 5.74) is 2.58. The Bertz CT molecular complexity index is 1020. The van der Waals surface area contributed by atoms with Crippen LogP contribution in [0.3, 0.4) is 0 Å². The minimum atomic E-state index is -1.04. The molecule has 2 fully saturated rings. The van der Waals surface area contributed by atoms with E-state index < -0.39 is 17.7 Å². The van der Waals surface area contributed by atoms with Gasteiger partial charge in [-0.25, -0.2) is 0 Å². The number of hydrogen-bond acceptors (Lipinski definition) is 7. The fourth-order valence-electron chi connectivity index (χ4n) is 5.05. The largest absolute Gasteiger partial charge is 0.496 e. The highest BCUT2D eigenvalue weighted by Gasteiger charge is 2.68. The maximum absolute atomic E-state index is 6.29. The van der Waals surface area contributed by atoms with Crippen molar-refractivity contribution >= 4 is 6.08 Å². The van der Waals surface area contributed by atoms with Crippen molar-refractivity contribution in [3.63, 3.8) is 0 Å². The Morgan fingerprint density at radius 2 is 1.52 bits per heavy atom. The van der Waals surface area contributed by atoms with Crippen molar-refractivity contribution in [1.29, 1.82) is 0 Å². The Morgan fingerprint density at radius 1 is 0.848 bits per heavy atom. The Labute approximate surface area is 194 Å². The Morgan fingerprint density at radius 3 is 2.21 bits per heavy atom. The molecule has 5 rings (SSSR count). The lowest BCUT2D eigenvalue weighted by molar-refractivity contribution is -0.370. The Balaban J connectivity index is 1.63. The molecule has 2 aromatic carbocycles. The number of fused-ring (bicyclic) bond motifs is 2. The van der Waals surface area contributed by atoms with Crippen molar-refractivity contribution < 1.29 is 33.2 Å². The third kappa shape index (κ3) is 3.38. The van der Waals surface area contributed by atoms with Crippen molar-refractivity contribution in [3.05, 3.63) is 64.7 Å². The van der Waals surface area contributed by atoms with Gasteiger partial charge in [-0.05, 0) is 31.1 Å². The van der Waals surface area contributed by atoms with E-state index in [1.807, 2.05) is 48.6 Å². The molecule has 0 bridgehead atoms. The first-order chi connectivity index (χ1) is 16.2. The van der Waals surface area contributed by atoms with Crippen LogP contribution in [0.1, 0.15) is 41.4 Å². The highest BCUT2D eigenvalue weighted by Crippen LogP contribution is 2.63. The van der Waals surface area contributed by atoms with Crippen molar-refractivity contribution in [1.82, 2.24) is 0 Å². The molecule has 0 N–H and O–H groups in total. The Kier molecular flexibility index (Phi) is 6.16. The maximum Gasteiger partial charge on any atom is 0.233 e. The van der Waals surface area contributed by atoms with Gasteiger partial charge in [-0.3, -0.25) is 0 Å². The van der Waals surface area contributed by atoms with Crippen LogP contribution < -0.4 is 9.47 Å². The highest BCUT2D eigenvalue weighted by atomic mass is 16.7. The van der Waals surface area contributed by atoms with Crippen LogP contribution in [0.25, 0.3) is 6.08 Å². The summed E-state index contributed by atoms with van der Waals surface area (Å²) in [6, 6.07) is 11.7. The summed E-state index contributed by atoms with van der Waals surface area (Å²) >= 11 is 0. The van der Waals surface area contributed by atoms with E-state index in [1.165, 1.54) is 0 Å². The van der Waals surface area contributed by atoms with Crippen molar-refractivity contribution in [2.75, 3.05) is 47.8 Å². The summed E-state index contributed by atoms with van der Waals surface area (Å²) in [6.07, 6.45) is 5.22. The topological polar surface area (TPSA) is 64.6 Å². The zero-order chi connectivity index (χ0) is 22.9. The van der Waals surface area contributed by atoms with E-state index >= 15 is 0 Å². The molecule has 176 valence electrons. The predicted octanol–water partition coefficient (Wildman–Crippen LogP) is 4.30. The van der Waals surface area contributed by atoms with Crippen LogP contribution >= 0.6 is 0 Å². The van der Waals surface area contributed by atoms with Crippen LogP contribution in [0.5, 0.6) is 11.5 Å². The summed E-state index contributed by atoms with van der Waals surface area (Å²) < 4.78 is 41.9. The minimum Gasteiger partial charge on any atom is -0.496 e. The lowest BCUT2D eigenvalue weighted by Gasteiger charge is -2.57. The van der Waals surface area contributed by atoms with Crippen molar-refractivity contribution in [2.24, 2.45) is 0 Å². The summed E-state index contributed by atoms with van der Waals surface area (Å²) in [5, 5.41) is 0. The second-order valence-electron chi connectivity index (χ2n) is 8.21. The molecule has 2 heterocycles. The van der Waals surface area contributed by atoms with Gasteiger partial charge in [0.15, 0.2) is 11.9 Å². The van der Waals surface area contributed by atoms with Crippen molar-refractivity contribution in [2.45, 2.75) is 30.5 Å². The van der Waals surface area contributed by atoms with E-state index in [-0.39, 0.29) is 0 Å². The highest BCUT2D eigenvalue weighted by molar-refractivity contribution is 5.67. The van der Waals surface area contributed by atoms with Gasteiger partial charge in [-0.1, -0.05) is 30.3 Å². The van der Waals surface area contributed by atoms with Crippen LogP contribution in [0.15, 0.2) is 42.5 Å². The Hall–Kier alpha value is -2.42. The summed E-state index contributed by atoms with van der Waals surface area (Å²) in [7, 11) is 4.98. The lowest BCUT2D eigenvalue weighted by atomic mass is 9.65. The monoisotopic (exact) mass is 454 g/mol. The van der Waals surface area contributed by atoms with Gasteiger partial charge in [0.2, 0.25) is 5.79 Å². The first-order valence-electron chi connectivity index (χ1n) is 11.3. The van der Waals surface area contributed by atoms with Gasteiger partial charge in [-0.15, -0.1) is 0 Å². The molecule has 2 saturated heterocycles. The number of hydrogen-bond donors (Lipinski definition) is 0. The molecular weight excluding hydrogens is 424 g/mol. The quantitative estimate of drug-likeness (QED) is 0.645. The van der Waals surface area contributed by atoms with E-state index in [1.54, 1.807) is 21.3 Å². The van der Waals surface area contributed by atoms with Gasteiger partial charge < -0.3 is 33.2 Å². The van der Waals surface area contributed by atoms with E-state index in [4.69, 9.17) is 33.2 Å². The molecule has 0 amide bonds. The first-order valence-corrected chi connectivity index (χ1v) is 11.3. The second-order valence-corrected chi connectivity index (χ2v) is 8.21. The molecule has 7 nitrogen and oxygen atoms in total. The molecule has 2 aliphatic heterocycles. The second kappa shape index (κ2) is 9.08. The number of benzene rings is 2. The van der Waals surface area contributed by atoms with Crippen LogP contribution in [0.4, 0.5) is 0 Å². The van der Waals surface area contributed by atoms with Crippen molar-refractivity contribution in [3.8, 4) is 11.5 Å². The molecule has 0 aromatic heterocycles. The number of ether oxygens (including phenoxy) is 7. The van der Waals surface area contributed by atoms with Crippen LogP contribution in [0, 0.1) is 0 Å². The average molecular weight is 455 g/mol. The maximum atomic E-state index is 6.29. The van der Waals surface area contributed by atoms with E-state index in [0.29, 0.717) is 32.2 Å². The van der Waals surface area contributed by atoms with Gasteiger partial charge in [0.05, 0.1) is 40.6 Å². The van der Waals surface area contributed by atoms with Gasteiger partial charge in [0.25, 0.3) is 0 Å². The van der Waals surface area contributed by atoms with E-state index in [0.717, 1.165) is 40.8 Å². The molecule has 0 radical (unpaired) electrons. The number of rotatable bonds is 6. The van der Waals surface area contributed by atoms with Gasteiger partial charge in [0.1, 0.15) is 11.5 Å². The summed E-state index contributed by atoms with van der Waals surface area (Å²) in [4.78, 5) is 0.